The van der Waals surface area contributed by atoms with Crippen LogP contribution in [0.3, 0.4) is 0 Å². The van der Waals surface area contributed by atoms with Gasteiger partial charge in [-0.1, -0.05) is 69.8 Å². The van der Waals surface area contributed by atoms with Crippen molar-refractivity contribution in [3.05, 3.63) is 24.3 Å². The van der Waals surface area contributed by atoms with E-state index in [1.54, 1.807) is 18.2 Å². The summed E-state index contributed by atoms with van der Waals surface area (Å²) in [5.74, 6) is -0.733. The molecule has 3 N–H and O–H groups in total. The average molecular weight is 312 g/mol. The second kappa shape index (κ2) is 14.8. The van der Waals surface area contributed by atoms with Crippen LogP contribution in [0.25, 0.3) is 0 Å². The zero-order valence-corrected chi connectivity index (χ0v) is 13.8. The van der Waals surface area contributed by atoms with Crippen molar-refractivity contribution >= 4 is 5.97 Å². The molecule has 0 rings (SSSR count). The number of carboxylic acid groups (broad SMARTS) is 1. The number of hydrogen-bond acceptors (Lipinski definition) is 3. The summed E-state index contributed by atoms with van der Waals surface area (Å²) in [4.78, 5) is 10.3. The quantitative estimate of drug-likeness (QED) is 0.336. The molecule has 0 aliphatic heterocycles. The lowest BCUT2D eigenvalue weighted by molar-refractivity contribution is -0.137. The SMILES string of the molecule is CCCC/C=C/C(O)/C=C/C(O)CCCCCCCC(=O)O. The van der Waals surface area contributed by atoms with Crippen LogP contribution in [0.2, 0.25) is 0 Å². The molecule has 0 radical (unpaired) electrons. The molecule has 0 amide bonds. The smallest absolute Gasteiger partial charge is 0.303 e. The molecule has 0 saturated heterocycles. The van der Waals surface area contributed by atoms with Gasteiger partial charge < -0.3 is 15.3 Å². The topological polar surface area (TPSA) is 77.8 Å². The molecule has 2 atom stereocenters. The van der Waals surface area contributed by atoms with Crippen LogP contribution in [0, 0.1) is 0 Å². The number of hydrogen-bond donors (Lipinski definition) is 3. The third-order valence-corrected chi connectivity index (χ3v) is 3.48. The Balaban J connectivity index is 3.58. The first-order valence-corrected chi connectivity index (χ1v) is 8.49. The number of allylic oxidation sites excluding steroid dienone is 1. The summed E-state index contributed by atoms with van der Waals surface area (Å²) in [5.41, 5.74) is 0. The van der Waals surface area contributed by atoms with Gasteiger partial charge in [-0.2, -0.15) is 0 Å². The van der Waals surface area contributed by atoms with Gasteiger partial charge in [0.1, 0.15) is 0 Å². The fourth-order valence-corrected chi connectivity index (χ4v) is 2.12. The number of aliphatic carboxylic acids is 1. The molecule has 0 heterocycles. The van der Waals surface area contributed by atoms with Gasteiger partial charge in [0, 0.05) is 6.42 Å². The van der Waals surface area contributed by atoms with Crippen molar-refractivity contribution in [2.24, 2.45) is 0 Å². The van der Waals surface area contributed by atoms with Crippen molar-refractivity contribution in [2.45, 2.75) is 83.3 Å². The summed E-state index contributed by atoms with van der Waals surface area (Å²) in [7, 11) is 0. The molecule has 0 aliphatic rings. The number of unbranched alkanes of at least 4 members (excludes halogenated alkanes) is 6. The molecule has 0 aromatic carbocycles. The fraction of sp³-hybridized carbons (Fsp3) is 0.722. The van der Waals surface area contributed by atoms with E-state index in [2.05, 4.69) is 6.92 Å². The highest BCUT2D eigenvalue weighted by Crippen LogP contribution is 2.09. The van der Waals surface area contributed by atoms with Crippen molar-refractivity contribution < 1.29 is 20.1 Å². The predicted molar refractivity (Wildman–Crippen MR) is 89.8 cm³/mol. The van der Waals surface area contributed by atoms with E-state index in [4.69, 9.17) is 5.11 Å². The standard InChI is InChI=1S/C18H32O4/c1-2-3-4-8-11-16(19)14-15-17(20)12-9-6-5-7-10-13-18(21)22/h8,11,14-17,19-20H,2-7,9-10,12-13H2,1H3,(H,21,22)/b11-8+,15-14+. The van der Waals surface area contributed by atoms with E-state index in [-0.39, 0.29) is 6.42 Å². The largest absolute Gasteiger partial charge is 0.481 e. The van der Waals surface area contributed by atoms with Gasteiger partial charge in [-0.25, -0.2) is 0 Å². The lowest BCUT2D eigenvalue weighted by atomic mass is 10.1. The van der Waals surface area contributed by atoms with E-state index in [0.29, 0.717) is 6.42 Å². The minimum atomic E-state index is -0.733. The Morgan fingerprint density at radius 1 is 0.955 bits per heavy atom. The molecule has 0 aromatic heterocycles. The van der Waals surface area contributed by atoms with Crippen molar-refractivity contribution in [3.63, 3.8) is 0 Å². The van der Waals surface area contributed by atoms with Crippen LogP contribution < -0.4 is 0 Å². The zero-order chi connectivity index (χ0) is 16.6. The van der Waals surface area contributed by atoms with Gasteiger partial charge in [0.2, 0.25) is 0 Å². The zero-order valence-electron chi connectivity index (χ0n) is 13.8. The minimum absolute atomic E-state index is 0.245. The average Bonchev–Trinajstić information content (AvgIpc) is 2.48. The molecule has 0 bridgehead atoms. The first kappa shape index (κ1) is 20.9. The van der Waals surface area contributed by atoms with Crippen LogP contribution in [0.4, 0.5) is 0 Å². The first-order chi connectivity index (χ1) is 10.6. The van der Waals surface area contributed by atoms with Crippen LogP contribution >= 0.6 is 0 Å². The van der Waals surface area contributed by atoms with Gasteiger partial charge in [0.25, 0.3) is 0 Å². The molecule has 0 aliphatic carbocycles. The summed E-state index contributed by atoms with van der Waals surface area (Å²) in [6.45, 7) is 2.13. The minimum Gasteiger partial charge on any atom is -0.481 e. The van der Waals surface area contributed by atoms with Gasteiger partial charge in [-0.3, -0.25) is 4.79 Å². The van der Waals surface area contributed by atoms with E-state index in [9.17, 15) is 15.0 Å². The summed E-state index contributed by atoms with van der Waals surface area (Å²) >= 11 is 0. The molecule has 4 heteroatoms. The second-order valence-corrected chi connectivity index (χ2v) is 5.71. The maximum atomic E-state index is 10.3. The first-order valence-electron chi connectivity index (χ1n) is 8.49. The van der Waals surface area contributed by atoms with E-state index < -0.39 is 18.2 Å². The highest BCUT2D eigenvalue weighted by atomic mass is 16.4. The number of carboxylic acids is 1. The van der Waals surface area contributed by atoms with Gasteiger partial charge >= 0.3 is 5.97 Å². The maximum Gasteiger partial charge on any atom is 0.303 e. The monoisotopic (exact) mass is 312 g/mol. The van der Waals surface area contributed by atoms with Gasteiger partial charge in [-0.15, -0.1) is 0 Å². The Labute approximate surface area is 134 Å². The Hall–Kier alpha value is -1.13. The van der Waals surface area contributed by atoms with Crippen LogP contribution in [0.15, 0.2) is 24.3 Å². The molecule has 0 saturated carbocycles. The van der Waals surface area contributed by atoms with E-state index in [1.165, 1.54) is 0 Å². The summed E-state index contributed by atoms with van der Waals surface area (Å²) < 4.78 is 0. The highest BCUT2D eigenvalue weighted by molar-refractivity contribution is 5.66. The van der Waals surface area contributed by atoms with Crippen LogP contribution in [0.5, 0.6) is 0 Å². The molecule has 0 spiro atoms. The second-order valence-electron chi connectivity index (χ2n) is 5.71. The van der Waals surface area contributed by atoms with Crippen molar-refractivity contribution in [1.29, 1.82) is 0 Å². The third kappa shape index (κ3) is 15.3. The Kier molecular flexibility index (Phi) is 14.0. The van der Waals surface area contributed by atoms with Gasteiger partial charge in [-0.05, 0) is 19.3 Å². The summed E-state index contributed by atoms with van der Waals surface area (Å²) in [6, 6.07) is 0. The lowest BCUT2D eigenvalue weighted by Crippen LogP contribution is -2.04. The normalized spacial score (nSPS) is 14.7. The Morgan fingerprint density at radius 2 is 1.64 bits per heavy atom. The number of aliphatic hydroxyl groups excluding tert-OH is 2. The predicted octanol–water partition coefficient (Wildman–Crippen LogP) is 3.83. The van der Waals surface area contributed by atoms with Crippen LogP contribution in [-0.2, 0) is 4.79 Å². The Bertz CT molecular complexity index is 323. The number of carbonyl (C=O) groups is 1. The summed E-state index contributed by atoms with van der Waals surface area (Å²) in [5, 5.41) is 28.0. The van der Waals surface area contributed by atoms with Crippen molar-refractivity contribution in [3.8, 4) is 0 Å². The van der Waals surface area contributed by atoms with E-state index in [0.717, 1.165) is 51.4 Å². The lowest BCUT2D eigenvalue weighted by Gasteiger charge is -2.06. The maximum absolute atomic E-state index is 10.3. The number of rotatable bonds is 14. The van der Waals surface area contributed by atoms with Crippen LogP contribution in [0.1, 0.15) is 71.1 Å². The van der Waals surface area contributed by atoms with Gasteiger partial charge in [0.15, 0.2) is 0 Å². The Morgan fingerprint density at radius 3 is 2.32 bits per heavy atom. The molecule has 4 nitrogen and oxygen atoms in total. The van der Waals surface area contributed by atoms with Crippen molar-refractivity contribution in [2.75, 3.05) is 0 Å². The molecular formula is C18H32O4. The molecule has 128 valence electrons. The number of aliphatic hydroxyl groups is 2. The van der Waals surface area contributed by atoms with Gasteiger partial charge in [0.05, 0.1) is 12.2 Å². The van der Waals surface area contributed by atoms with Crippen molar-refractivity contribution in [1.82, 2.24) is 0 Å². The molecule has 22 heavy (non-hydrogen) atoms. The van der Waals surface area contributed by atoms with Crippen LogP contribution in [-0.4, -0.2) is 33.5 Å². The molecule has 0 fully saturated rings. The highest BCUT2D eigenvalue weighted by Gasteiger charge is 2.01. The third-order valence-electron chi connectivity index (χ3n) is 3.48. The molecular weight excluding hydrogens is 280 g/mol. The van der Waals surface area contributed by atoms with E-state index in [1.807, 2.05) is 6.08 Å². The fourth-order valence-electron chi connectivity index (χ4n) is 2.12. The molecule has 2 unspecified atom stereocenters. The summed E-state index contributed by atoms with van der Waals surface area (Å²) in [6.07, 6.45) is 14.6. The molecule has 0 aromatic rings. The van der Waals surface area contributed by atoms with E-state index >= 15 is 0 Å².